The van der Waals surface area contributed by atoms with E-state index < -0.39 is 11.5 Å². The number of nitrogens with zero attached hydrogens (tertiary/aromatic N) is 2. The van der Waals surface area contributed by atoms with Gasteiger partial charge in [0.25, 0.3) is 0 Å². The Kier molecular flexibility index (Phi) is 3.97. The molecule has 1 aromatic rings. The van der Waals surface area contributed by atoms with Crippen molar-refractivity contribution >= 4 is 17.5 Å². The lowest BCUT2D eigenvalue weighted by Gasteiger charge is -2.27. The van der Waals surface area contributed by atoms with Crippen LogP contribution in [0.5, 0.6) is 0 Å². The third-order valence-corrected chi connectivity index (χ3v) is 5.86. The zero-order valence-electron chi connectivity index (χ0n) is 14.1. The van der Waals surface area contributed by atoms with Crippen molar-refractivity contribution in [1.29, 1.82) is 5.26 Å². The number of hydrogen-bond acceptors (Lipinski definition) is 4. The van der Waals surface area contributed by atoms with Gasteiger partial charge in [0.2, 0.25) is 11.8 Å². The molecule has 6 heteroatoms. The SMILES string of the molecule is N#C[C@@H]1C[C@@]2(CN1NC(=O)C1CCCCC1)C(=O)Nc1ccccc12. The molecule has 2 aliphatic heterocycles. The molecule has 1 saturated heterocycles. The summed E-state index contributed by atoms with van der Waals surface area (Å²) in [5.41, 5.74) is 3.93. The van der Waals surface area contributed by atoms with Gasteiger partial charge in [-0.1, -0.05) is 37.5 Å². The van der Waals surface area contributed by atoms with E-state index in [0.29, 0.717) is 13.0 Å². The summed E-state index contributed by atoms with van der Waals surface area (Å²) in [6, 6.07) is 9.37. The molecule has 1 aromatic carbocycles. The number of fused-ring (bicyclic) bond motifs is 2. The summed E-state index contributed by atoms with van der Waals surface area (Å²) in [6.07, 6.45) is 5.57. The topological polar surface area (TPSA) is 85.2 Å². The van der Waals surface area contributed by atoms with Crippen molar-refractivity contribution in [2.45, 2.75) is 50.0 Å². The molecule has 1 saturated carbocycles. The van der Waals surface area contributed by atoms with Crippen molar-refractivity contribution in [3.63, 3.8) is 0 Å². The van der Waals surface area contributed by atoms with Gasteiger partial charge in [0.05, 0.1) is 11.5 Å². The fraction of sp³-hybridized carbons (Fsp3) is 0.526. The van der Waals surface area contributed by atoms with E-state index in [1.807, 2.05) is 24.3 Å². The Morgan fingerprint density at radius 3 is 2.80 bits per heavy atom. The number of amides is 2. The van der Waals surface area contributed by atoms with Crippen LogP contribution in [0.25, 0.3) is 0 Å². The molecular weight excluding hydrogens is 316 g/mol. The number of hydrogen-bond donors (Lipinski definition) is 2. The molecule has 2 amide bonds. The van der Waals surface area contributed by atoms with Gasteiger partial charge in [0.1, 0.15) is 6.04 Å². The standard InChI is InChI=1S/C19H22N4O2/c20-11-14-10-19(15-8-4-5-9-16(15)21-18(19)25)12-23(14)22-17(24)13-6-2-1-3-7-13/h4-5,8-9,13-14H,1-3,6-7,10,12H2,(H,21,25)(H,22,24)/t14-,19-/m0/s1. The Morgan fingerprint density at radius 1 is 1.28 bits per heavy atom. The maximum absolute atomic E-state index is 12.7. The van der Waals surface area contributed by atoms with Crippen LogP contribution < -0.4 is 10.7 Å². The van der Waals surface area contributed by atoms with E-state index >= 15 is 0 Å². The summed E-state index contributed by atoms with van der Waals surface area (Å²) >= 11 is 0. The number of rotatable bonds is 2. The van der Waals surface area contributed by atoms with Crippen molar-refractivity contribution in [3.05, 3.63) is 29.8 Å². The minimum atomic E-state index is -0.753. The average molecular weight is 338 g/mol. The van der Waals surface area contributed by atoms with E-state index in [9.17, 15) is 14.9 Å². The van der Waals surface area contributed by atoms with Crippen LogP contribution in [0.15, 0.2) is 24.3 Å². The summed E-state index contributed by atoms with van der Waals surface area (Å²) in [4.78, 5) is 25.3. The van der Waals surface area contributed by atoms with E-state index in [4.69, 9.17) is 0 Å². The quantitative estimate of drug-likeness (QED) is 0.865. The number of hydrazine groups is 1. The van der Waals surface area contributed by atoms with Crippen LogP contribution in [0.3, 0.4) is 0 Å². The van der Waals surface area contributed by atoms with Gasteiger partial charge >= 0.3 is 0 Å². The van der Waals surface area contributed by atoms with Crippen LogP contribution in [-0.4, -0.2) is 29.4 Å². The van der Waals surface area contributed by atoms with Crippen molar-refractivity contribution in [1.82, 2.24) is 10.4 Å². The van der Waals surface area contributed by atoms with E-state index in [1.54, 1.807) is 5.01 Å². The lowest BCUT2D eigenvalue weighted by atomic mass is 9.80. The molecule has 2 N–H and O–H groups in total. The summed E-state index contributed by atoms with van der Waals surface area (Å²) in [7, 11) is 0. The van der Waals surface area contributed by atoms with Gasteiger partial charge in [-0.05, 0) is 30.9 Å². The number of anilines is 1. The molecule has 2 heterocycles. The van der Waals surface area contributed by atoms with E-state index in [-0.39, 0.29) is 17.7 Å². The Labute approximate surface area is 147 Å². The molecule has 0 aromatic heterocycles. The van der Waals surface area contributed by atoms with Gasteiger partial charge in [0, 0.05) is 18.2 Å². The largest absolute Gasteiger partial charge is 0.325 e. The highest BCUT2D eigenvalue weighted by Gasteiger charge is 2.55. The molecule has 0 radical (unpaired) electrons. The van der Waals surface area contributed by atoms with Gasteiger partial charge < -0.3 is 5.32 Å². The van der Waals surface area contributed by atoms with Crippen molar-refractivity contribution in [3.8, 4) is 6.07 Å². The lowest BCUT2D eigenvalue weighted by molar-refractivity contribution is -0.131. The van der Waals surface area contributed by atoms with Crippen LogP contribution in [0.2, 0.25) is 0 Å². The second-order valence-electron chi connectivity index (χ2n) is 7.37. The zero-order valence-corrected chi connectivity index (χ0v) is 14.1. The van der Waals surface area contributed by atoms with E-state index in [2.05, 4.69) is 16.8 Å². The van der Waals surface area contributed by atoms with E-state index in [0.717, 1.165) is 36.9 Å². The molecule has 1 spiro atoms. The number of nitriles is 1. The monoisotopic (exact) mass is 338 g/mol. The predicted octanol–water partition coefficient (Wildman–Crippen LogP) is 2.09. The Balaban J connectivity index is 1.56. The van der Waals surface area contributed by atoms with Gasteiger partial charge in [-0.25, -0.2) is 5.01 Å². The van der Waals surface area contributed by atoms with Gasteiger partial charge in [-0.2, -0.15) is 5.26 Å². The fourth-order valence-electron chi connectivity index (χ4n) is 4.47. The first-order valence-corrected chi connectivity index (χ1v) is 9.02. The maximum atomic E-state index is 12.7. The second-order valence-corrected chi connectivity index (χ2v) is 7.37. The molecule has 6 nitrogen and oxygen atoms in total. The Hall–Kier alpha value is -2.39. The minimum Gasteiger partial charge on any atom is -0.325 e. The molecule has 1 aliphatic carbocycles. The van der Waals surface area contributed by atoms with Gasteiger partial charge in [0.15, 0.2) is 0 Å². The fourth-order valence-corrected chi connectivity index (χ4v) is 4.47. The molecule has 130 valence electrons. The predicted molar refractivity (Wildman–Crippen MR) is 92.2 cm³/mol. The van der Waals surface area contributed by atoms with Crippen molar-refractivity contribution in [2.24, 2.45) is 5.92 Å². The average Bonchev–Trinajstić information content (AvgIpc) is 3.14. The summed E-state index contributed by atoms with van der Waals surface area (Å²) in [5.74, 6) is -0.0682. The van der Waals surface area contributed by atoms with Crippen LogP contribution >= 0.6 is 0 Å². The number of carbonyl (C=O) groups is 2. The summed E-state index contributed by atoms with van der Waals surface area (Å²) in [5, 5.41) is 14.2. The highest BCUT2D eigenvalue weighted by atomic mass is 16.2. The zero-order chi connectivity index (χ0) is 17.4. The molecule has 2 fully saturated rings. The molecule has 3 aliphatic rings. The summed E-state index contributed by atoms with van der Waals surface area (Å²) < 4.78 is 0. The molecule has 4 rings (SSSR count). The summed E-state index contributed by atoms with van der Waals surface area (Å²) in [6.45, 7) is 0.340. The normalized spacial score (nSPS) is 29.2. The third-order valence-electron chi connectivity index (χ3n) is 5.86. The first kappa shape index (κ1) is 16.1. The maximum Gasteiger partial charge on any atom is 0.237 e. The second kappa shape index (κ2) is 6.16. The molecule has 2 atom stereocenters. The van der Waals surface area contributed by atoms with Crippen LogP contribution in [0.4, 0.5) is 5.69 Å². The number of para-hydroxylation sites is 1. The molecule has 25 heavy (non-hydrogen) atoms. The first-order chi connectivity index (χ1) is 12.1. The van der Waals surface area contributed by atoms with Gasteiger partial charge in [-0.3, -0.25) is 15.0 Å². The molecule has 0 unspecified atom stereocenters. The number of nitrogens with one attached hydrogen (secondary N) is 2. The molecule has 0 bridgehead atoms. The first-order valence-electron chi connectivity index (χ1n) is 9.02. The van der Waals surface area contributed by atoms with Crippen LogP contribution in [-0.2, 0) is 15.0 Å². The molecular formula is C19H22N4O2. The van der Waals surface area contributed by atoms with Crippen LogP contribution in [0, 0.1) is 17.2 Å². The highest BCUT2D eigenvalue weighted by molar-refractivity contribution is 6.06. The number of carbonyl (C=O) groups excluding carboxylic acids is 2. The van der Waals surface area contributed by atoms with E-state index in [1.165, 1.54) is 6.42 Å². The number of benzene rings is 1. The minimum absolute atomic E-state index is 0.0105. The van der Waals surface area contributed by atoms with Crippen molar-refractivity contribution in [2.75, 3.05) is 11.9 Å². The van der Waals surface area contributed by atoms with Crippen LogP contribution in [0.1, 0.15) is 44.1 Å². The Morgan fingerprint density at radius 2 is 2.04 bits per heavy atom. The smallest absolute Gasteiger partial charge is 0.237 e. The van der Waals surface area contributed by atoms with Gasteiger partial charge in [-0.15, -0.1) is 0 Å². The Bertz CT molecular complexity index is 750. The highest BCUT2D eigenvalue weighted by Crippen LogP contribution is 2.45. The van der Waals surface area contributed by atoms with Crippen molar-refractivity contribution < 1.29 is 9.59 Å². The third kappa shape index (κ3) is 2.59. The lowest BCUT2D eigenvalue weighted by Crippen LogP contribution is -2.49.